The third kappa shape index (κ3) is 2.60. The van der Waals surface area contributed by atoms with E-state index in [1.165, 1.54) is 25.7 Å². The molecule has 0 bridgehead atoms. The number of carbonyl (C=O) groups excluding carboxylic acids is 1. The second-order valence-corrected chi connectivity index (χ2v) is 5.51. The fourth-order valence-electron chi connectivity index (χ4n) is 3.30. The van der Waals surface area contributed by atoms with Gasteiger partial charge < -0.3 is 16.3 Å². The molecule has 2 aliphatic rings. The fraction of sp³-hybridized carbons (Fsp3) is 0.846. The summed E-state index contributed by atoms with van der Waals surface area (Å²) < 4.78 is 0. The first-order valence-electron chi connectivity index (χ1n) is 6.96. The Morgan fingerprint density at radius 2 is 2.06 bits per heavy atom. The molecule has 5 nitrogen and oxygen atoms in total. The van der Waals surface area contributed by atoms with Crippen LogP contribution in [-0.2, 0) is 4.79 Å². The van der Waals surface area contributed by atoms with Gasteiger partial charge in [-0.1, -0.05) is 31.3 Å². The summed E-state index contributed by atoms with van der Waals surface area (Å²) in [4.78, 5) is 12.2. The van der Waals surface area contributed by atoms with Gasteiger partial charge in [-0.25, -0.2) is 0 Å². The normalized spacial score (nSPS) is 32.5. The zero-order valence-corrected chi connectivity index (χ0v) is 10.9. The summed E-state index contributed by atoms with van der Waals surface area (Å²) >= 11 is 0. The first kappa shape index (κ1) is 13.2. The SMILES string of the molecule is CCCC(NC(=O)C1C2CCCCC21)C(N)=NO. The van der Waals surface area contributed by atoms with Gasteiger partial charge >= 0.3 is 0 Å². The van der Waals surface area contributed by atoms with Crippen molar-refractivity contribution in [3.63, 3.8) is 0 Å². The lowest BCUT2D eigenvalue weighted by Gasteiger charge is -2.16. The lowest BCUT2D eigenvalue weighted by atomic mass is 10.0. The minimum atomic E-state index is -0.324. The van der Waals surface area contributed by atoms with Crippen molar-refractivity contribution in [1.29, 1.82) is 0 Å². The molecule has 3 unspecified atom stereocenters. The number of fused-ring (bicyclic) bond motifs is 1. The number of oxime groups is 1. The van der Waals surface area contributed by atoms with Crippen molar-refractivity contribution in [2.24, 2.45) is 28.6 Å². The number of hydrogen-bond acceptors (Lipinski definition) is 3. The first-order chi connectivity index (χ1) is 8.69. The largest absolute Gasteiger partial charge is 0.409 e. The van der Waals surface area contributed by atoms with Gasteiger partial charge in [0.2, 0.25) is 5.91 Å². The Hall–Kier alpha value is -1.26. The number of nitrogens with one attached hydrogen (secondary N) is 1. The van der Waals surface area contributed by atoms with Crippen molar-refractivity contribution in [3.05, 3.63) is 0 Å². The van der Waals surface area contributed by atoms with E-state index in [0.717, 1.165) is 6.42 Å². The Morgan fingerprint density at radius 1 is 1.44 bits per heavy atom. The van der Waals surface area contributed by atoms with Gasteiger partial charge in [-0.2, -0.15) is 0 Å². The van der Waals surface area contributed by atoms with E-state index in [0.29, 0.717) is 18.3 Å². The Balaban J connectivity index is 1.89. The molecule has 2 saturated carbocycles. The molecule has 0 saturated heterocycles. The molecule has 0 heterocycles. The van der Waals surface area contributed by atoms with Crippen molar-refractivity contribution in [2.45, 2.75) is 51.5 Å². The molecule has 3 atom stereocenters. The zero-order chi connectivity index (χ0) is 13.1. The van der Waals surface area contributed by atoms with E-state index < -0.39 is 0 Å². The van der Waals surface area contributed by atoms with E-state index >= 15 is 0 Å². The molecule has 2 fully saturated rings. The monoisotopic (exact) mass is 253 g/mol. The van der Waals surface area contributed by atoms with E-state index in [9.17, 15) is 4.79 Å². The Labute approximate surface area is 108 Å². The molecule has 4 N–H and O–H groups in total. The average Bonchev–Trinajstić information content (AvgIpc) is 3.11. The van der Waals surface area contributed by atoms with Crippen LogP contribution in [0, 0.1) is 17.8 Å². The third-order valence-electron chi connectivity index (χ3n) is 4.33. The summed E-state index contributed by atoms with van der Waals surface area (Å²) in [5.41, 5.74) is 5.60. The van der Waals surface area contributed by atoms with Crippen molar-refractivity contribution in [3.8, 4) is 0 Å². The average molecular weight is 253 g/mol. The number of nitrogens with two attached hydrogens (primary N) is 1. The molecule has 0 radical (unpaired) electrons. The standard InChI is InChI=1S/C13H23N3O2/c1-2-5-10(12(14)16-18)15-13(17)11-8-6-3-4-7-9(8)11/h8-11,18H,2-7H2,1H3,(H2,14,16)(H,15,17). The molecular formula is C13H23N3O2. The molecule has 1 amide bonds. The minimum absolute atomic E-state index is 0.0944. The van der Waals surface area contributed by atoms with Gasteiger partial charge in [0.15, 0.2) is 5.84 Å². The maximum atomic E-state index is 12.2. The zero-order valence-electron chi connectivity index (χ0n) is 10.9. The van der Waals surface area contributed by atoms with Gasteiger partial charge in [-0.05, 0) is 31.1 Å². The number of nitrogens with zero attached hydrogens (tertiary/aromatic N) is 1. The summed E-state index contributed by atoms with van der Waals surface area (Å²) in [6, 6.07) is -0.324. The summed E-state index contributed by atoms with van der Waals surface area (Å²) in [6.45, 7) is 2.01. The molecule has 2 rings (SSSR count). The molecular weight excluding hydrogens is 230 g/mol. The van der Waals surface area contributed by atoms with Crippen LogP contribution in [0.15, 0.2) is 5.16 Å². The van der Waals surface area contributed by atoms with Crippen LogP contribution in [0.5, 0.6) is 0 Å². The van der Waals surface area contributed by atoms with Crippen LogP contribution < -0.4 is 11.1 Å². The third-order valence-corrected chi connectivity index (χ3v) is 4.33. The maximum Gasteiger partial charge on any atom is 0.224 e. The summed E-state index contributed by atoms with van der Waals surface area (Å²) in [6.07, 6.45) is 6.48. The number of rotatable bonds is 5. The molecule has 0 spiro atoms. The summed E-state index contributed by atoms with van der Waals surface area (Å²) in [5, 5.41) is 14.7. The topological polar surface area (TPSA) is 87.7 Å². The first-order valence-corrected chi connectivity index (χ1v) is 6.96. The van der Waals surface area contributed by atoms with Crippen molar-refractivity contribution < 1.29 is 10.0 Å². The highest BCUT2D eigenvalue weighted by Gasteiger charge is 2.54. The molecule has 5 heteroatoms. The second kappa shape index (κ2) is 5.59. The van der Waals surface area contributed by atoms with Gasteiger partial charge in [0.25, 0.3) is 0 Å². The Bertz CT molecular complexity index is 331. The molecule has 102 valence electrons. The Kier molecular flexibility index (Phi) is 4.09. The molecule has 0 aromatic carbocycles. The van der Waals surface area contributed by atoms with Gasteiger partial charge in [0, 0.05) is 5.92 Å². The van der Waals surface area contributed by atoms with Crippen LogP contribution in [0.3, 0.4) is 0 Å². The fourth-order valence-corrected chi connectivity index (χ4v) is 3.30. The molecule has 2 aliphatic carbocycles. The predicted molar refractivity (Wildman–Crippen MR) is 69.2 cm³/mol. The van der Waals surface area contributed by atoms with Gasteiger partial charge in [-0.3, -0.25) is 4.79 Å². The number of hydrogen-bond donors (Lipinski definition) is 3. The summed E-state index contributed by atoms with van der Waals surface area (Å²) in [5.74, 6) is 1.56. The van der Waals surface area contributed by atoms with Crippen LogP contribution in [0.1, 0.15) is 45.4 Å². The van der Waals surface area contributed by atoms with Gasteiger partial charge in [0.05, 0.1) is 6.04 Å². The molecule has 18 heavy (non-hydrogen) atoms. The highest BCUT2D eigenvalue weighted by Crippen LogP contribution is 2.55. The molecule has 0 aromatic heterocycles. The predicted octanol–water partition coefficient (Wildman–Crippen LogP) is 1.45. The van der Waals surface area contributed by atoms with Crippen molar-refractivity contribution in [2.75, 3.05) is 0 Å². The van der Waals surface area contributed by atoms with Gasteiger partial charge in [-0.15, -0.1) is 0 Å². The smallest absolute Gasteiger partial charge is 0.224 e. The molecule has 0 aromatic rings. The number of carbonyl (C=O) groups is 1. The lowest BCUT2D eigenvalue weighted by Crippen LogP contribution is -2.45. The van der Waals surface area contributed by atoms with Crippen molar-refractivity contribution in [1.82, 2.24) is 5.32 Å². The van der Waals surface area contributed by atoms with Gasteiger partial charge in [0.1, 0.15) is 0 Å². The highest BCUT2D eigenvalue weighted by molar-refractivity contribution is 5.91. The van der Waals surface area contributed by atoms with Crippen LogP contribution >= 0.6 is 0 Å². The van der Waals surface area contributed by atoms with Crippen LogP contribution in [0.2, 0.25) is 0 Å². The quantitative estimate of drug-likeness (QED) is 0.300. The maximum absolute atomic E-state index is 12.2. The lowest BCUT2D eigenvalue weighted by molar-refractivity contribution is -0.123. The number of amidine groups is 1. The van der Waals surface area contributed by atoms with E-state index in [1.54, 1.807) is 0 Å². The summed E-state index contributed by atoms with van der Waals surface area (Å²) in [7, 11) is 0. The van der Waals surface area contributed by atoms with Crippen LogP contribution in [-0.4, -0.2) is 23.0 Å². The van der Waals surface area contributed by atoms with Crippen LogP contribution in [0.4, 0.5) is 0 Å². The van der Waals surface area contributed by atoms with Crippen molar-refractivity contribution >= 4 is 11.7 Å². The van der Waals surface area contributed by atoms with E-state index in [-0.39, 0.29) is 23.7 Å². The van der Waals surface area contributed by atoms with E-state index in [1.807, 2.05) is 6.92 Å². The Morgan fingerprint density at radius 3 is 2.56 bits per heavy atom. The van der Waals surface area contributed by atoms with Crippen LogP contribution in [0.25, 0.3) is 0 Å². The van der Waals surface area contributed by atoms with E-state index in [2.05, 4.69) is 10.5 Å². The highest BCUT2D eigenvalue weighted by atomic mass is 16.4. The minimum Gasteiger partial charge on any atom is -0.409 e. The second-order valence-electron chi connectivity index (χ2n) is 5.51. The number of amides is 1. The molecule has 0 aliphatic heterocycles. The van der Waals surface area contributed by atoms with E-state index in [4.69, 9.17) is 10.9 Å².